The predicted molar refractivity (Wildman–Crippen MR) is 92.4 cm³/mol. The van der Waals surface area contributed by atoms with E-state index >= 15 is 0 Å². The normalized spacial score (nSPS) is 14.8. The zero-order valence-electron chi connectivity index (χ0n) is 14.2. The van der Waals surface area contributed by atoms with E-state index in [0.29, 0.717) is 12.3 Å². The van der Waals surface area contributed by atoms with Crippen LogP contribution in [-0.4, -0.2) is 28.1 Å². The molecule has 1 amide bonds. The van der Waals surface area contributed by atoms with Gasteiger partial charge < -0.3 is 14.7 Å². The van der Waals surface area contributed by atoms with Gasteiger partial charge in [0.25, 0.3) is 5.91 Å². The number of rotatable bonds is 7. The monoisotopic (exact) mass is 343 g/mol. The molecule has 0 bridgehead atoms. The summed E-state index contributed by atoms with van der Waals surface area (Å²) in [7, 11) is 0. The zero-order valence-corrected chi connectivity index (χ0v) is 14.2. The van der Waals surface area contributed by atoms with Gasteiger partial charge in [-0.1, -0.05) is 24.3 Å². The number of amides is 1. The topological polar surface area (TPSA) is 49.8 Å². The fraction of sp³-hybridized carbons (Fsp3) is 0.350. The molecular formula is C20H22FNO3. The van der Waals surface area contributed by atoms with E-state index < -0.39 is 6.10 Å². The average Bonchev–Trinajstić information content (AvgIpc) is 3.44. The number of benzene rings is 2. The SMILES string of the molecule is CC(Oc1cccc(CO)c1)C(=O)N(Cc1cccc(F)c1)C1CC1. The summed E-state index contributed by atoms with van der Waals surface area (Å²) in [5.74, 6) is 0.140. The summed E-state index contributed by atoms with van der Waals surface area (Å²) < 4.78 is 19.2. The number of hydrogen-bond acceptors (Lipinski definition) is 3. The van der Waals surface area contributed by atoms with E-state index in [1.54, 1.807) is 42.2 Å². The third-order valence-corrected chi connectivity index (χ3v) is 4.25. The number of nitrogens with zero attached hydrogens (tertiary/aromatic N) is 1. The second kappa shape index (κ2) is 7.66. The number of aliphatic hydroxyl groups excluding tert-OH is 1. The van der Waals surface area contributed by atoms with Gasteiger partial charge in [0.2, 0.25) is 0 Å². The van der Waals surface area contributed by atoms with Gasteiger partial charge in [0.15, 0.2) is 6.10 Å². The fourth-order valence-electron chi connectivity index (χ4n) is 2.81. The van der Waals surface area contributed by atoms with Crippen LogP contribution >= 0.6 is 0 Å². The van der Waals surface area contributed by atoms with E-state index in [1.165, 1.54) is 12.1 Å². The fourth-order valence-corrected chi connectivity index (χ4v) is 2.81. The van der Waals surface area contributed by atoms with Gasteiger partial charge in [-0.2, -0.15) is 0 Å². The molecule has 2 aromatic carbocycles. The lowest BCUT2D eigenvalue weighted by Gasteiger charge is -2.26. The van der Waals surface area contributed by atoms with Crippen molar-refractivity contribution in [2.24, 2.45) is 0 Å². The summed E-state index contributed by atoms with van der Waals surface area (Å²) >= 11 is 0. The number of ether oxygens (including phenoxy) is 1. The minimum absolute atomic E-state index is 0.0761. The zero-order chi connectivity index (χ0) is 17.8. The van der Waals surface area contributed by atoms with Crippen molar-refractivity contribution >= 4 is 5.91 Å². The van der Waals surface area contributed by atoms with Gasteiger partial charge in [-0.15, -0.1) is 0 Å². The van der Waals surface area contributed by atoms with Crippen LogP contribution in [0.4, 0.5) is 4.39 Å². The minimum Gasteiger partial charge on any atom is -0.481 e. The summed E-state index contributed by atoms with van der Waals surface area (Å²) in [5, 5.41) is 9.20. The first-order chi connectivity index (χ1) is 12.1. The van der Waals surface area contributed by atoms with Crippen molar-refractivity contribution in [1.29, 1.82) is 0 Å². The quantitative estimate of drug-likeness (QED) is 0.839. The largest absolute Gasteiger partial charge is 0.481 e. The maximum atomic E-state index is 13.4. The van der Waals surface area contributed by atoms with Gasteiger partial charge in [-0.05, 0) is 55.2 Å². The molecule has 0 aliphatic heterocycles. The average molecular weight is 343 g/mol. The number of halogens is 1. The molecule has 5 heteroatoms. The Morgan fingerprint density at radius 1 is 1.24 bits per heavy atom. The van der Waals surface area contributed by atoms with Crippen molar-refractivity contribution in [3.8, 4) is 5.75 Å². The van der Waals surface area contributed by atoms with Gasteiger partial charge in [-0.25, -0.2) is 4.39 Å². The van der Waals surface area contributed by atoms with Gasteiger partial charge >= 0.3 is 0 Å². The molecule has 1 aliphatic carbocycles. The molecule has 4 nitrogen and oxygen atoms in total. The van der Waals surface area contributed by atoms with Crippen LogP contribution in [0.3, 0.4) is 0 Å². The molecule has 0 aromatic heterocycles. The van der Waals surface area contributed by atoms with E-state index in [0.717, 1.165) is 24.0 Å². The van der Waals surface area contributed by atoms with Gasteiger partial charge in [-0.3, -0.25) is 4.79 Å². The van der Waals surface area contributed by atoms with Crippen LogP contribution in [0.2, 0.25) is 0 Å². The third kappa shape index (κ3) is 4.57. The highest BCUT2D eigenvalue weighted by Gasteiger charge is 2.35. The Morgan fingerprint density at radius 2 is 1.96 bits per heavy atom. The van der Waals surface area contributed by atoms with Crippen molar-refractivity contribution in [2.45, 2.75) is 45.1 Å². The van der Waals surface area contributed by atoms with Crippen LogP contribution in [0, 0.1) is 5.82 Å². The van der Waals surface area contributed by atoms with Crippen molar-refractivity contribution < 1.29 is 19.0 Å². The molecule has 1 aliphatic rings. The summed E-state index contributed by atoms with van der Waals surface area (Å²) in [4.78, 5) is 14.6. The number of carbonyl (C=O) groups excluding carboxylic acids is 1. The van der Waals surface area contributed by atoms with Crippen molar-refractivity contribution in [2.75, 3.05) is 0 Å². The van der Waals surface area contributed by atoms with Crippen LogP contribution < -0.4 is 4.74 Å². The Hall–Kier alpha value is -2.40. The Morgan fingerprint density at radius 3 is 2.64 bits per heavy atom. The molecule has 0 heterocycles. The van der Waals surface area contributed by atoms with Gasteiger partial charge in [0.1, 0.15) is 11.6 Å². The molecule has 1 unspecified atom stereocenters. The molecule has 132 valence electrons. The molecule has 2 aromatic rings. The maximum Gasteiger partial charge on any atom is 0.263 e. The smallest absolute Gasteiger partial charge is 0.263 e. The lowest BCUT2D eigenvalue weighted by atomic mass is 10.2. The summed E-state index contributed by atoms with van der Waals surface area (Å²) in [6.45, 7) is 2.02. The Bertz CT molecular complexity index is 745. The highest BCUT2D eigenvalue weighted by Crippen LogP contribution is 2.29. The number of carbonyl (C=O) groups is 1. The Balaban J connectivity index is 1.69. The molecule has 0 saturated heterocycles. The first-order valence-corrected chi connectivity index (χ1v) is 8.48. The summed E-state index contributed by atoms with van der Waals surface area (Å²) in [6, 6.07) is 13.6. The van der Waals surface area contributed by atoms with Crippen LogP contribution in [-0.2, 0) is 17.9 Å². The minimum atomic E-state index is -0.650. The van der Waals surface area contributed by atoms with E-state index in [4.69, 9.17) is 4.74 Å². The number of hydrogen-bond donors (Lipinski definition) is 1. The molecule has 1 saturated carbocycles. The lowest BCUT2D eigenvalue weighted by Crippen LogP contribution is -2.41. The molecule has 0 spiro atoms. The molecule has 1 N–H and O–H groups in total. The second-order valence-electron chi connectivity index (χ2n) is 6.39. The molecule has 1 atom stereocenters. The Labute approximate surface area is 146 Å². The molecule has 3 rings (SSSR count). The van der Waals surface area contributed by atoms with E-state index in [-0.39, 0.29) is 24.4 Å². The first-order valence-electron chi connectivity index (χ1n) is 8.48. The van der Waals surface area contributed by atoms with Crippen LogP contribution in [0.25, 0.3) is 0 Å². The van der Waals surface area contributed by atoms with Gasteiger partial charge in [0, 0.05) is 12.6 Å². The second-order valence-corrected chi connectivity index (χ2v) is 6.39. The van der Waals surface area contributed by atoms with Crippen molar-refractivity contribution in [3.05, 3.63) is 65.5 Å². The van der Waals surface area contributed by atoms with Crippen molar-refractivity contribution in [3.63, 3.8) is 0 Å². The van der Waals surface area contributed by atoms with Crippen LogP contribution in [0.15, 0.2) is 48.5 Å². The van der Waals surface area contributed by atoms with Gasteiger partial charge in [0.05, 0.1) is 6.61 Å². The molecular weight excluding hydrogens is 321 g/mol. The third-order valence-electron chi connectivity index (χ3n) is 4.25. The van der Waals surface area contributed by atoms with Crippen LogP contribution in [0.1, 0.15) is 30.9 Å². The maximum absolute atomic E-state index is 13.4. The highest BCUT2D eigenvalue weighted by atomic mass is 19.1. The summed E-state index contributed by atoms with van der Waals surface area (Å²) in [6.07, 6.45) is 1.28. The molecule has 0 radical (unpaired) electrons. The molecule has 25 heavy (non-hydrogen) atoms. The van der Waals surface area contributed by atoms with E-state index in [1.807, 2.05) is 6.07 Å². The van der Waals surface area contributed by atoms with E-state index in [2.05, 4.69) is 0 Å². The summed E-state index contributed by atoms with van der Waals surface area (Å²) in [5.41, 5.74) is 1.51. The van der Waals surface area contributed by atoms with Crippen molar-refractivity contribution in [1.82, 2.24) is 4.90 Å². The standard InChI is InChI=1S/C20H22FNO3/c1-14(25-19-7-3-5-16(11-19)13-23)20(24)22(18-8-9-18)12-15-4-2-6-17(21)10-15/h2-7,10-11,14,18,23H,8-9,12-13H2,1H3. The first kappa shape index (κ1) is 17.4. The lowest BCUT2D eigenvalue weighted by molar-refractivity contribution is -0.139. The number of aliphatic hydroxyl groups is 1. The predicted octanol–water partition coefficient (Wildman–Crippen LogP) is 3.28. The van der Waals surface area contributed by atoms with E-state index in [9.17, 15) is 14.3 Å². The highest BCUT2D eigenvalue weighted by molar-refractivity contribution is 5.81. The van der Waals surface area contributed by atoms with Crippen LogP contribution in [0.5, 0.6) is 5.75 Å². The molecule has 1 fully saturated rings. The Kier molecular flexibility index (Phi) is 5.34.